The van der Waals surface area contributed by atoms with E-state index >= 15 is 0 Å². The highest BCUT2D eigenvalue weighted by atomic mass is 16.2. The summed E-state index contributed by atoms with van der Waals surface area (Å²) >= 11 is 0. The van der Waals surface area contributed by atoms with Crippen LogP contribution in [0, 0.1) is 13.8 Å². The summed E-state index contributed by atoms with van der Waals surface area (Å²) in [5, 5.41) is 0. The van der Waals surface area contributed by atoms with Gasteiger partial charge < -0.3 is 0 Å². The van der Waals surface area contributed by atoms with Gasteiger partial charge in [0.2, 0.25) is 0 Å². The molecule has 1 aromatic carbocycles. The zero-order valence-electron chi connectivity index (χ0n) is 16.7. The Hall–Kier alpha value is -3.87. The Kier molecular flexibility index (Phi) is 5.10. The monoisotopic (exact) mass is 400 g/mol. The molecule has 0 atom stereocenters. The van der Waals surface area contributed by atoms with Gasteiger partial charge in [0.1, 0.15) is 0 Å². The molecular formula is C23H20N4O3. The van der Waals surface area contributed by atoms with Crippen LogP contribution < -0.4 is 11.2 Å². The minimum atomic E-state index is -0.546. The van der Waals surface area contributed by atoms with Crippen LogP contribution in [0.2, 0.25) is 0 Å². The Morgan fingerprint density at radius 1 is 0.967 bits per heavy atom. The summed E-state index contributed by atoms with van der Waals surface area (Å²) in [6.45, 7) is 3.72. The maximum Gasteiger partial charge on any atom is 0.332 e. The van der Waals surface area contributed by atoms with Gasteiger partial charge in [0.05, 0.1) is 18.6 Å². The lowest BCUT2D eigenvalue weighted by atomic mass is 10.0. The zero-order valence-corrected chi connectivity index (χ0v) is 16.7. The first kappa shape index (κ1) is 19.4. The van der Waals surface area contributed by atoms with Crippen molar-refractivity contribution in [2.24, 2.45) is 0 Å². The second-order valence-electron chi connectivity index (χ2n) is 7.23. The summed E-state index contributed by atoms with van der Waals surface area (Å²) in [6.07, 6.45) is 4.70. The summed E-state index contributed by atoms with van der Waals surface area (Å²) < 4.78 is 2.44. The largest absolute Gasteiger partial charge is 0.332 e. The van der Waals surface area contributed by atoms with E-state index in [1.807, 2.05) is 26.0 Å². The molecule has 7 heteroatoms. The standard InChI is InChI=1S/C23H20N4O3/c1-15-5-6-18(16(2)12-15)20(28)14-26-19-4-3-9-25-21(19)22(29)27(23(26)30)13-17-7-10-24-11-8-17/h3-12H,13-14H2,1-2H3. The molecule has 0 aliphatic carbocycles. The average Bonchev–Trinajstić information content (AvgIpc) is 2.75. The molecule has 150 valence electrons. The van der Waals surface area contributed by atoms with E-state index < -0.39 is 11.2 Å². The molecule has 0 unspecified atom stereocenters. The number of aromatic nitrogens is 4. The molecule has 0 fully saturated rings. The van der Waals surface area contributed by atoms with Gasteiger partial charge in [-0.3, -0.25) is 23.7 Å². The average molecular weight is 400 g/mol. The lowest BCUT2D eigenvalue weighted by molar-refractivity contribution is 0.0970. The van der Waals surface area contributed by atoms with Crippen LogP contribution in [-0.2, 0) is 13.1 Å². The number of hydrogen-bond acceptors (Lipinski definition) is 5. The SMILES string of the molecule is Cc1ccc(C(=O)Cn2c(=O)n(Cc3ccncc3)c(=O)c3ncccc32)c(C)c1. The Morgan fingerprint density at radius 2 is 1.73 bits per heavy atom. The third-order valence-electron chi connectivity index (χ3n) is 5.06. The second-order valence-corrected chi connectivity index (χ2v) is 7.23. The number of fused-ring (bicyclic) bond motifs is 1. The molecule has 4 rings (SSSR count). The summed E-state index contributed by atoms with van der Waals surface area (Å²) in [4.78, 5) is 47.3. The maximum atomic E-state index is 13.2. The van der Waals surface area contributed by atoms with Crippen LogP contribution in [0.4, 0.5) is 0 Å². The summed E-state index contributed by atoms with van der Waals surface area (Å²) in [5.41, 5.74) is 2.68. The lowest BCUT2D eigenvalue weighted by Crippen LogP contribution is -2.41. The molecule has 30 heavy (non-hydrogen) atoms. The summed E-state index contributed by atoms with van der Waals surface area (Å²) in [6, 6.07) is 12.3. The van der Waals surface area contributed by atoms with E-state index in [1.165, 1.54) is 10.8 Å². The van der Waals surface area contributed by atoms with Crippen LogP contribution in [0.5, 0.6) is 0 Å². The van der Waals surface area contributed by atoms with Gasteiger partial charge in [-0.2, -0.15) is 0 Å². The van der Waals surface area contributed by atoms with Crippen molar-refractivity contribution < 1.29 is 4.79 Å². The van der Waals surface area contributed by atoms with Crippen molar-refractivity contribution in [3.8, 4) is 0 Å². The van der Waals surface area contributed by atoms with Crippen LogP contribution >= 0.6 is 0 Å². The number of Topliss-reactive ketones (excluding diaryl/α,β-unsaturated/α-hetero) is 1. The number of carbonyl (C=O) groups is 1. The first-order valence-corrected chi connectivity index (χ1v) is 9.53. The Bertz CT molecular complexity index is 1370. The minimum absolute atomic E-state index is 0.0739. The number of aryl methyl sites for hydroxylation is 2. The van der Waals surface area contributed by atoms with E-state index in [0.717, 1.165) is 21.3 Å². The fraction of sp³-hybridized carbons (Fsp3) is 0.174. The van der Waals surface area contributed by atoms with Gasteiger partial charge in [-0.1, -0.05) is 23.8 Å². The Balaban J connectivity index is 1.85. The van der Waals surface area contributed by atoms with Gasteiger partial charge in [0.15, 0.2) is 11.3 Å². The van der Waals surface area contributed by atoms with Gasteiger partial charge in [0.25, 0.3) is 5.56 Å². The van der Waals surface area contributed by atoms with E-state index in [1.54, 1.807) is 42.7 Å². The fourth-order valence-electron chi connectivity index (χ4n) is 3.56. The maximum absolute atomic E-state index is 13.2. The molecule has 0 saturated carbocycles. The van der Waals surface area contributed by atoms with Crippen molar-refractivity contribution in [2.45, 2.75) is 26.9 Å². The second kappa shape index (κ2) is 7.87. The van der Waals surface area contributed by atoms with Crippen LogP contribution in [0.25, 0.3) is 11.0 Å². The van der Waals surface area contributed by atoms with Crippen LogP contribution in [0.15, 0.2) is 70.6 Å². The summed E-state index contributed by atoms with van der Waals surface area (Å²) in [7, 11) is 0. The molecule has 3 heterocycles. The molecule has 0 N–H and O–H groups in total. The third kappa shape index (κ3) is 3.57. The molecule has 0 aliphatic heterocycles. The van der Waals surface area contributed by atoms with Crippen molar-refractivity contribution >= 4 is 16.8 Å². The van der Waals surface area contributed by atoms with Crippen LogP contribution in [-0.4, -0.2) is 24.9 Å². The normalized spacial score (nSPS) is 11.0. The van der Waals surface area contributed by atoms with E-state index in [0.29, 0.717) is 11.1 Å². The lowest BCUT2D eigenvalue weighted by Gasteiger charge is -2.14. The van der Waals surface area contributed by atoms with Gasteiger partial charge >= 0.3 is 5.69 Å². The zero-order chi connectivity index (χ0) is 21.3. The van der Waals surface area contributed by atoms with E-state index in [4.69, 9.17) is 0 Å². The van der Waals surface area contributed by atoms with Crippen LogP contribution in [0.3, 0.4) is 0 Å². The fourth-order valence-corrected chi connectivity index (χ4v) is 3.56. The third-order valence-corrected chi connectivity index (χ3v) is 5.06. The van der Waals surface area contributed by atoms with Gasteiger partial charge in [-0.15, -0.1) is 0 Å². The van der Waals surface area contributed by atoms with Crippen molar-refractivity contribution in [2.75, 3.05) is 0 Å². The number of nitrogens with zero attached hydrogens (tertiary/aromatic N) is 4. The molecule has 0 amide bonds. The van der Waals surface area contributed by atoms with E-state index in [-0.39, 0.29) is 24.4 Å². The molecule has 7 nitrogen and oxygen atoms in total. The van der Waals surface area contributed by atoms with E-state index in [9.17, 15) is 14.4 Å². The number of benzene rings is 1. The van der Waals surface area contributed by atoms with Gasteiger partial charge in [-0.05, 0) is 49.2 Å². The number of carbonyl (C=O) groups excluding carboxylic acids is 1. The molecule has 0 bridgehead atoms. The highest BCUT2D eigenvalue weighted by molar-refractivity contribution is 5.97. The highest BCUT2D eigenvalue weighted by Gasteiger charge is 2.18. The predicted molar refractivity (Wildman–Crippen MR) is 114 cm³/mol. The summed E-state index contributed by atoms with van der Waals surface area (Å²) in [5.74, 6) is -0.200. The first-order valence-electron chi connectivity index (χ1n) is 9.53. The first-order chi connectivity index (χ1) is 14.5. The van der Waals surface area contributed by atoms with Crippen molar-refractivity contribution in [3.05, 3.63) is 104 Å². The smallest absolute Gasteiger partial charge is 0.292 e. The van der Waals surface area contributed by atoms with Crippen molar-refractivity contribution in [1.82, 2.24) is 19.1 Å². The predicted octanol–water partition coefficient (Wildman–Crippen LogP) is 2.50. The Labute approximate surface area is 172 Å². The van der Waals surface area contributed by atoms with Gasteiger partial charge in [0, 0.05) is 24.2 Å². The van der Waals surface area contributed by atoms with Crippen LogP contribution in [0.1, 0.15) is 27.0 Å². The topological polar surface area (TPSA) is 86.9 Å². The van der Waals surface area contributed by atoms with Gasteiger partial charge in [-0.25, -0.2) is 9.78 Å². The number of rotatable bonds is 5. The minimum Gasteiger partial charge on any atom is -0.292 e. The molecule has 0 spiro atoms. The molecule has 0 radical (unpaired) electrons. The molecule has 4 aromatic rings. The Morgan fingerprint density at radius 3 is 2.47 bits per heavy atom. The quantitative estimate of drug-likeness (QED) is 0.481. The highest BCUT2D eigenvalue weighted by Crippen LogP contribution is 2.13. The number of hydrogen-bond donors (Lipinski definition) is 0. The molecule has 3 aromatic heterocycles. The molecular weight excluding hydrogens is 380 g/mol. The molecule has 0 aliphatic rings. The van der Waals surface area contributed by atoms with Crippen molar-refractivity contribution in [1.29, 1.82) is 0 Å². The van der Waals surface area contributed by atoms with Crippen molar-refractivity contribution in [3.63, 3.8) is 0 Å². The molecule has 0 saturated heterocycles. The number of pyridine rings is 2. The van der Waals surface area contributed by atoms with E-state index in [2.05, 4.69) is 9.97 Å². The number of ketones is 1.